The van der Waals surface area contributed by atoms with E-state index in [1.165, 1.54) is 11.8 Å². The molecule has 1 heterocycles. The Morgan fingerprint density at radius 1 is 1.36 bits per heavy atom. The molecule has 1 aromatic heterocycles. The lowest BCUT2D eigenvalue weighted by Crippen LogP contribution is -2.13. The van der Waals surface area contributed by atoms with Crippen molar-refractivity contribution in [1.82, 2.24) is 14.8 Å². The highest BCUT2D eigenvalue weighted by Crippen LogP contribution is 2.25. The minimum absolute atomic E-state index is 0.175. The van der Waals surface area contributed by atoms with Crippen LogP contribution in [0, 0.1) is 0 Å². The lowest BCUT2D eigenvalue weighted by Gasteiger charge is -2.13. The van der Waals surface area contributed by atoms with Gasteiger partial charge >= 0.3 is 0 Å². The quantitative estimate of drug-likeness (QED) is 0.622. The largest absolute Gasteiger partial charge is 0.378 e. The van der Waals surface area contributed by atoms with Crippen molar-refractivity contribution in [3.8, 4) is 11.4 Å². The number of nitrogens with zero attached hydrogens (tertiary/aromatic N) is 4. The van der Waals surface area contributed by atoms with Crippen LogP contribution in [0.5, 0.6) is 0 Å². The van der Waals surface area contributed by atoms with Crippen LogP contribution >= 0.6 is 11.8 Å². The molecule has 0 aliphatic heterocycles. The molecule has 0 saturated carbocycles. The zero-order valence-corrected chi connectivity index (χ0v) is 13.5. The summed E-state index contributed by atoms with van der Waals surface area (Å²) in [5.74, 6) is 0.543. The van der Waals surface area contributed by atoms with Gasteiger partial charge in [0.15, 0.2) is 11.0 Å². The molecular formula is C15H19N5OS. The van der Waals surface area contributed by atoms with Crippen LogP contribution in [-0.2, 0) is 11.3 Å². The van der Waals surface area contributed by atoms with Crippen molar-refractivity contribution in [2.75, 3.05) is 24.7 Å². The molecule has 0 saturated heterocycles. The molecule has 7 heteroatoms. The van der Waals surface area contributed by atoms with E-state index in [0.717, 1.165) is 17.1 Å². The number of rotatable bonds is 7. The van der Waals surface area contributed by atoms with E-state index in [9.17, 15) is 4.79 Å². The second-order valence-corrected chi connectivity index (χ2v) is 5.84. The standard InChI is InChI=1S/C15H19N5OS/c1-4-9-20-14(17-18-15(20)22-10-13(16)21)11-5-7-12(8-6-11)19(2)3/h4-8H,1,9-10H2,2-3H3,(H2,16,21). The third-order valence-electron chi connectivity index (χ3n) is 3.01. The van der Waals surface area contributed by atoms with E-state index in [0.29, 0.717) is 11.7 Å². The molecule has 2 N–H and O–H groups in total. The van der Waals surface area contributed by atoms with Crippen molar-refractivity contribution in [2.45, 2.75) is 11.7 Å². The van der Waals surface area contributed by atoms with E-state index in [-0.39, 0.29) is 11.7 Å². The minimum Gasteiger partial charge on any atom is -0.378 e. The number of hydrogen-bond donors (Lipinski definition) is 1. The summed E-state index contributed by atoms with van der Waals surface area (Å²) in [5.41, 5.74) is 7.26. The first kappa shape index (κ1) is 16.1. The Labute approximate surface area is 134 Å². The normalized spacial score (nSPS) is 10.5. The van der Waals surface area contributed by atoms with Gasteiger partial charge in [-0.05, 0) is 24.3 Å². The monoisotopic (exact) mass is 317 g/mol. The third kappa shape index (κ3) is 3.67. The summed E-state index contributed by atoms with van der Waals surface area (Å²) in [7, 11) is 3.99. The summed E-state index contributed by atoms with van der Waals surface area (Å²) in [6.07, 6.45) is 1.77. The second-order valence-electron chi connectivity index (χ2n) is 4.90. The van der Waals surface area contributed by atoms with Crippen molar-refractivity contribution in [2.24, 2.45) is 5.73 Å². The lowest BCUT2D eigenvalue weighted by atomic mass is 10.2. The molecule has 1 aromatic carbocycles. The van der Waals surface area contributed by atoms with E-state index >= 15 is 0 Å². The molecule has 0 aliphatic carbocycles. The van der Waals surface area contributed by atoms with Crippen molar-refractivity contribution >= 4 is 23.4 Å². The van der Waals surface area contributed by atoms with Crippen LogP contribution in [0.3, 0.4) is 0 Å². The van der Waals surface area contributed by atoms with Gasteiger partial charge in [-0.25, -0.2) is 0 Å². The van der Waals surface area contributed by atoms with Crippen LogP contribution in [-0.4, -0.2) is 40.5 Å². The molecule has 6 nitrogen and oxygen atoms in total. The van der Waals surface area contributed by atoms with E-state index in [1.54, 1.807) is 6.08 Å². The van der Waals surface area contributed by atoms with Gasteiger partial charge in [0, 0.05) is 31.9 Å². The van der Waals surface area contributed by atoms with Gasteiger partial charge in [-0.15, -0.1) is 16.8 Å². The van der Waals surface area contributed by atoms with E-state index in [4.69, 9.17) is 5.73 Å². The maximum absolute atomic E-state index is 10.9. The maximum Gasteiger partial charge on any atom is 0.227 e. The number of carbonyl (C=O) groups is 1. The average molecular weight is 317 g/mol. The van der Waals surface area contributed by atoms with Gasteiger partial charge < -0.3 is 10.6 Å². The van der Waals surface area contributed by atoms with Crippen LogP contribution in [0.15, 0.2) is 42.1 Å². The molecule has 22 heavy (non-hydrogen) atoms. The number of primary amides is 1. The van der Waals surface area contributed by atoms with E-state index in [2.05, 4.69) is 16.8 Å². The number of hydrogen-bond acceptors (Lipinski definition) is 5. The van der Waals surface area contributed by atoms with Gasteiger partial charge in [-0.3, -0.25) is 9.36 Å². The smallest absolute Gasteiger partial charge is 0.227 e. The number of carbonyl (C=O) groups excluding carboxylic acids is 1. The Kier molecular flexibility index (Phi) is 5.21. The number of amides is 1. The average Bonchev–Trinajstić information content (AvgIpc) is 2.88. The third-order valence-corrected chi connectivity index (χ3v) is 4.00. The molecule has 2 rings (SSSR count). The molecule has 0 bridgehead atoms. The van der Waals surface area contributed by atoms with Crippen molar-refractivity contribution in [3.63, 3.8) is 0 Å². The molecule has 1 amide bonds. The molecule has 116 valence electrons. The summed E-state index contributed by atoms with van der Waals surface area (Å²) < 4.78 is 1.92. The molecular weight excluding hydrogens is 298 g/mol. The Hall–Kier alpha value is -2.28. The lowest BCUT2D eigenvalue weighted by molar-refractivity contribution is -0.115. The molecule has 0 spiro atoms. The molecule has 2 aromatic rings. The number of nitrogens with two attached hydrogens (primary N) is 1. The summed E-state index contributed by atoms with van der Waals surface area (Å²) in [6, 6.07) is 8.06. The summed E-state index contributed by atoms with van der Waals surface area (Å²) in [4.78, 5) is 13.0. The first-order valence-electron chi connectivity index (χ1n) is 6.76. The van der Waals surface area contributed by atoms with Gasteiger partial charge in [0.25, 0.3) is 0 Å². The van der Waals surface area contributed by atoms with Gasteiger partial charge in [-0.1, -0.05) is 17.8 Å². The zero-order valence-electron chi connectivity index (χ0n) is 12.7. The van der Waals surface area contributed by atoms with Gasteiger partial charge in [-0.2, -0.15) is 0 Å². The Bertz CT molecular complexity index is 663. The highest BCUT2D eigenvalue weighted by molar-refractivity contribution is 7.99. The second kappa shape index (κ2) is 7.13. The highest BCUT2D eigenvalue weighted by Gasteiger charge is 2.14. The van der Waals surface area contributed by atoms with E-state index < -0.39 is 0 Å². The molecule has 0 aliphatic rings. The Morgan fingerprint density at radius 3 is 2.59 bits per heavy atom. The summed E-state index contributed by atoms with van der Waals surface area (Å²) in [6.45, 7) is 4.33. The number of anilines is 1. The number of aromatic nitrogens is 3. The fourth-order valence-corrected chi connectivity index (χ4v) is 2.63. The van der Waals surface area contributed by atoms with Gasteiger partial charge in [0.2, 0.25) is 5.91 Å². The number of allylic oxidation sites excluding steroid dienone is 1. The number of thioether (sulfide) groups is 1. The van der Waals surface area contributed by atoms with Crippen molar-refractivity contribution in [1.29, 1.82) is 0 Å². The SMILES string of the molecule is C=CCn1c(SCC(N)=O)nnc1-c1ccc(N(C)C)cc1. The summed E-state index contributed by atoms with van der Waals surface area (Å²) in [5, 5.41) is 9.04. The van der Waals surface area contributed by atoms with Crippen molar-refractivity contribution < 1.29 is 4.79 Å². The number of benzene rings is 1. The Morgan fingerprint density at radius 2 is 2.05 bits per heavy atom. The van der Waals surface area contributed by atoms with Crippen LogP contribution in [0.25, 0.3) is 11.4 Å². The predicted octanol–water partition coefficient (Wildman–Crippen LogP) is 1.77. The topological polar surface area (TPSA) is 77.0 Å². The maximum atomic E-state index is 10.9. The van der Waals surface area contributed by atoms with Crippen LogP contribution in [0.4, 0.5) is 5.69 Å². The van der Waals surface area contributed by atoms with Crippen LogP contribution in [0.1, 0.15) is 0 Å². The molecule has 0 atom stereocenters. The first-order valence-corrected chi connectivity index (χ1v) is 7.74. The predicted molar refractivity (Wildman–Crippen MR) is 89.9 cm³/mol. The minimum atomic E-state index is -0.380. The fraction of sp³-hybridized carbons (Fsp3) is 0.267. The van der Waals surface area contributed by atoms with Crippen molar-refractivity contribution in [3.05, 3.63) is 36.9 Å². The highest BCUT2D eigenvalue weighted by atomic mass is 32.2. The first-order chi connectivity index (χ1) is 10.5. The van der Waals surface area contributed by atoms with Crippen LogP contribution in [0.2, 0.25) is 0 Å². The Balaban J connectivity index is 2.33. The summed E-state index contributed by atoms with van der Waals surface area (Å²) >= 11 is 1.28. The molecule has 0 fully saturated rings. The van der Waals surface area contributed by atoms with Gasteiger partial charge in [0.1, 0.15) is 0 Å². The fourth-order valence-electron chi connectivity index (χ4n) is 1.95. The molecule has 0 unspecified atom stereocenters. The molecule has 0 radical (unpaired) electrons. The van der Waals surface area contributed by atoms with E-state index in [1.807, 2.05) is 47.8 Å². The van der Waals surface area contributed by atoms with Crippen LogP contribution < -0.4 is 10.6 Å². The van der Waals surface area contributed by atoms with Gasteiger partial charge in [0.05, 0.1) is 5.75 Å². The zero-order chi connectivity index (χ0) is 16.1.